The number of aromatic nitrogens is 1. The van der Waals surface area contributed by atoms with E-state index in [1.54, 1.807) is 6.20 Å². The van der Waals surface area contributed by atoms with Gasteiger partial charge in [0.05, 0.1) is 12.5 Å². The fourth-order valence-electron chi connectivity index (χ4n) is 3.72. The second-order valence-corrected chi connectivity index (χ2v) is 7.11. The highest BCUT2D eigenvalue weighted by Gasteiger charge is 2.41. The number of piperazine rings is 1. The lowest BCUT2D eigenvalue weighted by molar-refractivity contribution is -0.182. The number of nitrogens with one attached hydrogen (secondary N) is 1. The zero-order valence-electron chi connectivity index (χ0n) is 14.7. The van der Waals surface area contributed by atoms with Crippen LogP contribution in [0, 0.1) is 5.92 Å². The Labute approximate surface area is 151 Å². The van der Waals surface area contributed by atoms with Crippen molar-refractivity contribution in [2.45, 2.75) is 37.9 Å². The highest BCUT2D eigenvalue weighted by molar-refractivity contribution is 5.78. The Hall–Kier alpha value is -1.83. The van der Waals surface area contributed by atoms with Crippen LogP contribution < -0.4 is 10.2 Å². The number of nitrogens with zero attached hydrogens (tertiary/aromatic N) is 3. The molecule has 1 amide bonds. The van der Waals surface area contributed by atoms with Gasteiger partial charge in [-0.05, 0) is 37.8 Å². The van der Waals surface area contributed by atoms with Crippen molar-refractivity contribution in [1.29, 1.82) is 0 Å². The molecule has 0 spiro atoms. The lowest BCUT2D eigenvalue weighted by Crippen LogP contribution is -2.51. The van der Waals surface area contributed by atoms with Crippen LogP contribution >= 0.6 is 0 Å². The van der Waals surface area contributed by atoms with Gasteiger partial charge >= 0.3 is 6.18 Å². The third kappa shape index (κ3) is 5.09. The summed E-state index contributed by atoms with van der Waals surface area (Å²) in [6.45, 7) is 3.45. The first kappa shape index (κ1) is 18.9. The first-order valence-corrected chi connectivity index (χ1v) is 9.16. The molecular weight excluding hydrogens is 345 g/mol. The Kier molecular flexibility index (Phi) is 6.01. The van der Waals surface area contributed by atoms with Crippen molar-refractivity contribution in [1.82, 2.24) is 15.2 Å². The molecule has 26 heavy (non-hydrogen) atoms. The highest BCUT2D eigenvalue weighted by Crippen LogP contribution is 2.37. The van der Waals surface area contributed by atoms with E-state index in [4.69, 9.17) is 0 Å². The van der Waals surface area contributed by atoms with E-state index in [9.17, 15) is 18.0 Å². The summed E-state index contributed by atoms with van der Waals surface area (Å²) < 4.78 is 38.1. The first-order chi connectivity index (χ1) is 12.4. The van der Waals surface area contributed by atoms with Gasteiger partial charge in [-0.2, -0.15) is 13.2 Å². The molecule has 2 fully saturated rings. The molecule has 1 saturated carbocycles. The number of hydrogen-bond acceptors (Lipinski definition) is 4. The largest absolute Gasteiger partial charge is 0.391 e. The standard InChI is InChI=1S/C18H25F3N4O/c19-18(20,21)14-4-6-15(7-5-14)23-17(26)13-24-9-11-25(12-10-24)16-3-1-2-8-22-16/h1-3,8,14-15H,4-7,9-13H2,(H,23,26). The van der Waals surface area contributed by atoms with Crippen molar-refractivity contribution in [2.75, 3.05) is 37.6 Å². The average Bonchev–Trinajstić information content (AvgIpc) is 2.63. The van der Waals surface area contributed by atoms with Crippen molar-refractivity contribution in [2.24, 2.45) is 5.92 Å². The van der Waals surface area contributed by atoms with E-state index in [2.05, 4.69) is 20.1 Å². The predicted octanol–water partition coefficient (Wildman–Crippen LogP) is 2.44. The second-order valence-electron chi connectivity index (χ2n) is 7.11. The molecule has 0 aromatic carbocycles. The van der Waals surface area contributed by atoms with Crippen LogP contribution in [-0.4, -0.2) is 60.7 Å². The maximum Gasteiger partial charge on any atom is 0.391 e. The SMILES string of the molecule is O=C(CN1CCN(c2ccccn2)CC1)NC1CCC(C(F)(F)F)CC1. The molecule has 0 bridgehead atoms. The van der Waals surface area contributed by atoms with E-state index < -0.39 is 12.1 Å². The molecule has 1 aromatic heterocycles. The maximum absolute atomic E-state index is 12.7. The van der Waals surface area contributed by atoms with Crippen LogP contribution in [-0.2, 0) is 4.79 Å². The molecule has 3 rings (SSSR count). The van der Waals surface area contributed by atoms with Gasteiger partial charge in [0.25, 0.3) is 0 Å². The van der Waals surface area contributed by atoms with Crippen molar-refractivity contribution >= 4 is 11.7 Å². The lowest BCUT2D eigenvalue weighted by Gasteiger charge is -2.35. The Morgan fingerprint density at radius 1 is 1.12 bits per heavy atom. The van der Waals surface area contributed by atoms with E-state index in [0.717, 1.165) is 32.0 Å². The van der Waals surface area contributed by atoms with E-state index in [-0.39, 0.29) is 24.8 Å². The monoisotopic (exact) mass is 370 g/mol. The van der Waals surface area contributed by atoms with Crippen molar-refractivity contribution in [3.05, 3.63) is 24.4 Å². The Balaban J connectivity index is 1.37. The van der Waals surface area contributed by atoms with Gasteiger partial charge < -0.3 is 10.2 Å². The molecule has 1 N–H and O–H groups in total. The summed E-state index contributed by atoms with van der Waals surface area (Å²) in [5.41, 5.74) is 0. The Bertz CT molecular complexity index is 580. The predicted molar refractivity (Wildman–Crippen MR) is 92.8 cm³/mol. The quantitative estimate of drug-likeness (QED) is 0.885. The molecule has 2 aliphatic rings. The molecule has 1 saturated heterocycles. The number of anilines is 1. The lowest BCUT2D eigenvalue weighted by atomic mass is 9.85. The molecule has 1 aromatic rings. The van der Waals surface area contributed by atoms with Gasteiger partial charge in [0.1, 0.15) is 5.82 Å². The van der Waals surface area contributed by atoms with Crippen LogP contribution in [0.15, 0.2) is 24.4 Å². The van der Waals surface area contributed by atoms with E-state index >= 15 is 0 Å². The number of hydrogen-bond donors (Lipinski definition) is 1. The minimum Gasteiger partial charge on any atom is -0.354 e. The minimum atomic E-state index is -4.11. The van der Waals surface area contributed by atoms with Crippen LogP contribution in [0.3, 0.4) is 0 Å². The number of pyridine rings is 1. The molecule has 1 aliphatic carbocycles. The number of amides is 1. The fourth-order valence-corrected chi connectivity index (χ4v) is 3.72. The molecular formula is C18H25F3N4O. The van der Waals surface area contributed by atoms with Gasteiger partial charge in [0, 0.05) is 38.4 Å². The highest BCUT2D eigenvalue weighted by atomic mass is 19.4. The number of carbonyl (C=O) groups is 1. The summed E-state index contributed by atoms with van der Waals surface area (Å²) in [5, 5.41) is 2.91. The fraction of sp³-hybridized carbons (Fsp3) is 0.667. The zero-order valence-corrected chi connectivity index (χ0v) is 14.7. The first-order valence-electron chi connectivity index (χ1n) is 9.16. The van der Waals surface area contributed by atoms with Gasteiger partial charge in [-0.15, -0.1) is 0 Å². The maximum atomic E-state index is 12.7. The number of rotatable bonds is 4. The topological polar surface area (TPSA) is 48.5 Å². The summed E-state index contributed by atoms with van der Waals surface area (Å²) >= 11 is 0. The smallest absolute Gasteiger partial charge is 0.354 e. The molecule has 0 atom stereocenters. The second kappa shape index (κ2) is 8.24. The number of halogens is 3. The normalized spacial score (nSPS) is 25.1. The third-order valence-electron chi connectivity index (χ3n) is 5.27. The summed E-state index contributed by atoms with van der Waals surface area (Å²) in [4.78, 5) is 20.8. The van der Waals surface area contributed by atoms with Crippen molar-refractivity contribution < 1.29 is 18.0 Å². The van der Waals surface area contributed by atoms with Gasteiger partial charge in [0.2, 0.25) is 5.91 Å². The molecule has 2 heterocycles. The third-order valence-corrected chi connectivity index (χ3v) is 5.27. The van der Waals surface area contributed by atoms with Gasteiger partial charge in [-0.25, -0.2) is 4.98 Å². The van der Waals surface area contributed by atoms with Gasteiger partial charge in [0.15, 0.2) is 0 Å². The molecule has 0 radical (unpaired) electrons. The molecule has 5 nitrogen and oxygen atoms in total. The van der Waals surface area contributed by atoms with E-state index in [0.29, 0.717) is 19.4 Å². The van der Waals surface area contributed by atoms with Crippen molar-refractivity contribution in [3.63, 3.8) is 0 Å². The summed E-state index contributed by atoms with van der Waals surface area (Å²) in [5.74, 6) is -0.361. The summed E-state index contributed by atoms with van der Waals surface area (Å²) in [7, 11) is 0. The van der Waals surface area contributed by atoms with Crippen LogP contribution in [0.5, 0.6) is 0 Å². The van der Waals surface area contributed by atoms with Crippen LogP contribution in [0.2, 0.25) is 0 Å². The van der Waals surface area contributed by atoms with Crippen molar-refractivity contribution in [3.8, 4) is 0 Å². The van der Waals surface area contributed by atoms with Crippen LogP contribution in [0.1, 0.15) is 25.7 Å². The Morgan fingerprint density at radius 2 is 1.81 bits per heavy atom. The summed E-state index contributed by atoms with van der Waals surface area (Å²) in [6.07, 6.45) is -1.31. The van der Waals surface area contributed by atoms with Crippen LogP contribution in [0.25, 0.3) is 0 Å². The average molecular weight is 370 g/mol. The number of carbonyl (C=O) groups excluding carboxylic acids is 1. The van der Waals surface area contributed by atoms with Crippen LogP contribution in [0.4, 0.5) is 19.0 Å². The zero-order chi connectivity index (χ0) is 18.6. The van der Waals surface area contributed by atoms with E-state index in [1.165, 1.54) is 0 Å². The molecule has 144 valence electrons. The van der Waals surface area contributed by atoms with Gasteiger partial charge in [-0.3, -0.25) is 9.69 Å². The van der Waals surface area contributed by atoms with Gasteiger partial charge in [-0.1, -0.05) is 6.07 Å². The Morgan fingerprint density at radius 3 is 2.38 bits per heavy atom. The van der Waals surface area contributed by atoms with E-state index in [1.807, 2.05) is 18.2 Å². The molecule has 8 heteroatoms. The minimum absolute atomic E-state index is 0.0910. The molecule has 0 unspecified atom stereocenters. The summed E-state index contributed by atoms with van der Waals surface area (Å²) in [6, 6.07) is 5.68. The molecule has 1 aliphatic heterocycles. The number of alkyl halides is 3.